The predicted molar refractivity (Wildman–Crippen MR) is 107 cm³/mol. The third-order valence-corrected chi connectivity index (χ3v) is 5.26. The molecule has 2 aromatic carbocycles. The summed E-state index contributed by atoms with van der Waals surface area (Å²) < 4.78 is 11.2. The molecule has 1 amide bonds. The predicted octanol–water partition coefficient (Wildman–Crippen LogP) is 4.33. The van der Waals surface area contributed by atoms with Gasteiger partial charge in [0.05, 0.1) is 7.11 Å². The third kappa shape index (κ3) is 5.25. The molecule has 1 saturated heterocycles. The Kier molecular flexibility index (Phi) is 6.74. The molecule has 0 aliphatic carbocycles. The van der Waals surface area contributed by atoms with Crippen molar-refractivity contribution < 1.29 is 14.3 Å². The molecule has 1 aliphatic rings. The fraction of sp³-hybridized carbons (Fsp3) is 0.435. The van der Waals surface area contributed by atoms with E-state index in [0.717, 1.165) is 38.1 Å². The lowest BCUT2D eigenvalue weighted by Gasteiger charge is -2.34. The smallest absolute Gasteiger partial charge is 0.263 e. The molecule has 1 heterocycles. The highest BCUT2D eigenvalue weighted by Gasteiger charge is 2.28. The summed E-state index contributed by atoms with van der Waals surface area (Å²) in [5.41, 5.74) is 1.38. The summed E-state index contributed by atoms with van der Waals surface area (Å²) in [5.74, 6) is 2.15. The quantitative estimate of drug-likeness (QED) is 0.731. The van der Waals surface area contributed by atoms with E-state index >= 15 is 0 Å². The Balaban J connectivity index is 1.53. The first kappa shape index (κ1) is 19.3. The van der Waals surface area contributed by atoms with Gasteiger partial charge in [0.25, 0.3) is 5.91 Å². The highest BCUT2D eigenvalue weighted by molar-refractivity contribution is 5.81. The van der Waals surface area contributed by atoms with Gasteiger partial charge in [0.1, 0.15) is 11.5 Å². The van der Waals surface area contributed by atoms with Crippen LogP contribution in [-0.2, 0) is 11.2 Å². The molecule has 27 heavy (non-hydrogen) atoms. The fourth-order valence-corrected chi connectivity index (χ4v) is 3.66. The second-order valence-corrected chi connectivity index (χ2v) is 7.15. The number of benzene rings is 2. The Morgan fingerprint density at radius 1 is 1.07 bits per heavy atom. The van der Waals surface area contributed by atoms with E-state index in [2.05, 4.69) is 30.3 Å². The maximum Gasteiger partial charge on any atom is 0.263 e. The summed E-state index contributed by atoms with van der Waals surface area (Å²) in [5, 5.41) is 0. The summed E-state index contributed by atoms with van der Waals surface area (Å²) in [6, 6.07) is 18.0. The zero-order valence-corrected chi connectivity index (χ0v) is 16.3. The Labute approximate surface area is 162 Å². The number of carbonyl (C=O) groups is 1. The molecule has 0 bridgehead atoms. The molecule has 4 nitrogen and oxygen atoms in total. The van der Waals surface area contributed by atoms with Crippen molar-refractivity contribution >= 4 is 5.91 Å². The average Bonchev–Trinajstić information content (AvgIpc) is 2.73. The molecule has 0 radical (unpaired) electrons. The van der Waals surface area contributed by atoms with E-state index < -0.39 is 6.10 Å². The maximum absolute atomic E-state index is 12.9. The van der Waals surface area contributed by atoms with Crippen LogP contribution >= 0.6 is 0 Å². The molecule has 2 aromatic rings. The van der Waals surface area contributed by atoms with Crippen molar-refractivity contribution in [2.24, 2.45) is 5.92 Å². The van der Waals surface area contributed by atoms with Crippen molar-refractivity contribution in [1.29, 1.82) is 0 Å². The lowest BCUT2D eigenvalue weighted by Crippen LogP contribution is -2.45. The number of rotatable bonds is 7. The molecule has 1 atom stereocenters. The van der Waals surface area contributed by atoms with Crippen LogP contribution in [0.4, 0.5) is 0 Å². The van der Waals surface area contributed by atoms with Gasteiger partial charge in [-0.2, -0.15) is 0 Å². The van der Waals surface area contributed by atoms with Gasteiger partial charge in [0.2, 0.25) is 0 Å². The van der Waals surface area contributed by atoms with E-state index in [0.29, 0.717) is 18.1 Å². The zero-order chi connectivity index (χ0) is 19.1. The van der Waals surface area contributed by atoms with E-state index in [1.807, 2.05) is 36.1 Å². The normalized spacial score (nSPS) is 16.0. The van der Waals surface area contributed by atoms with Crippen LogP contribution in [0.5, 0.6) is 11.5 Å². The van der Waals surface area contributed by atoms with Crippen LogP contribution in [0.1, 0.15) is 31.7 Å². The molecule has 0 saturated carbocycles. The van der Waals surface area contributed by atoms with Crippen LogP contribution in [-0.4, -0.2) is 37.1 Å². The highest BCUT2D eigenvalue weighted by Crippen LogP contribution is 2.24. The van der Waals surface area contributed by atoms with Gasteiger partial charge in [-0.05, 0) is 49.3 Å². The SMILES string of the molecule is CC[C@H](Oc1cccc(OC)c1)C(=O)N1CCC(Cc2ccccc2)CC1. The van der Waals surface area contributed by atoms with Gasteiger partial charge < -0.3 is 14.4 Å². The van der Waals surface area contributed by atoms with E-state index in [9.17, 15) is 4.79 Å². The molecular formula is C23H29NO3. The summed E-state index contributed by atoms with van der Waals surface area (Å²) >= 11 is 0. The molecule has 144 valence electrons. The molecule has 0 unspecified atom stereocenters. The van der Waals surface area contributed by atoms with Crippen LogP contribution in [0.25, 0.3) is 0 Å². The maximum atomic E-state index is 12.9. The van der Waals surface area contributed by atoms with Crippen LogP contribution in [0, 0.1) is 5.92 Å². The second kappa shape index (κ2) is 9.45. The molecule has 4 heteroatoms. The lowest BCUT2D eigenvalue weighted by molar-refractivity contribution is -0.140. The van der Waals surface area contributed by atoms with Gasteiger partial charge in [0.15, 0.2) is 6.10 Å². The number of nitrogens with zero attached hydrogens (tertiary/aromatic N) is 1. The van der Waals surface area contributed by atoms with Gasteiger partial charge in [0, 0.05) is 19.2 Å². The van der Waals surface area contributed by atoms with E-state index in [1.165, 1.54) is 5.56 Å². The fourth-order valence-electron chi connectivity index (χ4n) is 3.66. The lowest BCUT2D eigenvalue weighted by atomic mass is 9.90. The molecular weight excluding hydrogens is 338 g/mol. The third-order valence-electron chi connectivity index (χ3n) is 5.26. The first-order valence-electron chi connectivity index (χ1n) is 9.83. The highest BCUT2D eigenvalue weighted by atomic mass is 16.5. The summed E-state index contributed by atoms with van der Waals surface area (Å²) in [6.07, 6.45) is 3.41. The molecule has 0 N–H and O–H groups in total. The molecule has 0 aromatic heterocycles. The Hall–Kier alpha value is -2.49. The topological polar surface area (TPSA) is 38.8 Å². The number of carbonyl (C=O) groups excluding carboxylic acids is 1. The number of likely N-dealkylation sites (tertiary alicyclic amines) is 1. The Morgan fingerprint density at radius 3 is 2.44 bits per heavy atom. The molecule has 1 aliphatic heterocycles. The zero-order valence-electron chi connectivity index (χ0n) is 16.3. The standard InChI is InChI=1S/C23H29NO3/c1-3-22(27-21-11-7-10-20(17-21)26-2)23(25)24-14-12-19(13-15-24)16-18-8-5-4-6-9-18/h4-11,17,19,22H,3,12-16H2,1-2H3/t22-/m0/s1. The Bertz CT molecular complexity index is 723. The van der Waals surface area contributed by atoms with E-state index in [-0.39, 0.29) is 5.91 Å². The van der Waals surface area contributed by atoms with Crippen LogP contribution in [0.3, 0.4) is 0 Å². The van der Waals surface area contributed by atoms with Gasteiger partial charge >= 0.3 is 0 Å². The van der Waals surface area contributed by atoms with Crippen molar-refractivity contribution in [1.82, 2.24) is 4.90 Å². The number of piperidine rings is 1. The summed E-state index contributed by atoms with van der Waals surface area (Å²) in [4.78, 5) is 14.9. The minimum Gasteiger partial charge on any atom is -0.497 e. The first-order chi connectivity index (χ1) is 13.2. The van der Waals surface area contributed by atoms with Crippen LogP contribution in [0.15, 0.2) is 54.6 Å². The van der Waals surface area contributed by atoms with Gasteiger partial charge in [-0.15, -0.1) is 0 Å². The van der Waals surface area contributed by atoms with Crippen molar-refractivity contribution in [3.63, 3.8) is 0 Å². The monoisotopic (exact) mass is 367 g/mol. The minimum atomic E-state index is -0.442. The number of amides is 1. The summed E-state index contributed by atoms with van der Waals surface area (Å²) in [6.45, 7) is 3.62. The number of ether oxygens (including phenoxy) is 2. The van der Waals surface area contributed by atoms with Crippen molar-refractivity contribution in [2.75, 3.05) is 20.2 Å². The van der Waals surface area contributed by atoms with Crippen molar-refractivity contribution in [3.05, 3.63) is 60.2 Å². The number of methoxy groups -OCH3 is 1. The van der Waals surface area contributed by atoms with E-state index in [4.69, 9.17) is 9.47 Å². The number of hydrogen-bond acceptors (Lipinski definition) is 3. The van der Waals surface area contributed by atoms with Crippen molar-refractivity contribution in [3.8, 4) is 11.5 Å². The van der Waals surface area contributed by atoms with Gasteiger partial charge in [-0.3, -0.25) is 4.79 Å². The number of hydrogen-bond donors (Lipinski definition) is 0. The molecule has 1 fully saturated rings. The minimum absolute atomic E-state index is 0.0958. The van der Waals surface area contributed by atoms with Gasteiger partial charge in [-0.25, -0.2) is 0 Å². The first-order valence-corrected chi connectivity index (χ1v) is 9.83. The second-order valence-electron chi connectivity index (χ2n) is 7.15. The van der Waals surface area contributed by atoms with Gasteiger partial charge in [-0.1, -0.05) is 43.3 Å². The average molecular weight is 367 g/mol. The summed E-state index contributed by atoms with van der Waals surface area (Å²) in [7, 11) is 1.63. The molecule has 3 rings (SSSR count). The Morgan fingerprint density at radius 2 is 1.78 bits per heavy atom. The van der Waals surface area contributed by atoms with E-state index in [1.54, 1.807) is 7.11 Å². The van der Waals surface area contributed by atoms with Crippen molar-refractivity contribution in [2.45, 2.75) is 38.7 Å². The van der Waals surface area contributed by atoms with Crippen LogP contribution in [0.2, 0.25) is 0 Å². The molecule has 0 spiro atoms. The van der Waals surface area contributed by atoms with Crippen LogP contribution < -0.4 is 9.47 Å². The largest absolute Gasteiger partial charge is 0.497 e.